The van der Waals surface area contributed by atoms with Gasteiger partial charge < -0.3 is 11.1 Å². The molecule has 1 aromatic rings. The van der Waals surface area contributed by atoms with Crippen LogP contribution in [-0.4, -0.2) is 16.9 Å². The summed E-state index contributed by atoms with van der Waals surface area (Å²) in [5, 5.41) is 3.09. The zero-order chi connectivity index (χ0) is 14.6. The van der Waals surface area contributed by atoms with E-state index in [9.17, 15) is 4.79 Å². The Bertz CT molecular complexity index is 481. The molecule has 0 saturated heterocycles. The topological polar surface area (TPSA) is 55.1 Å². The van der Waals surface area contributed by atoms with Gasteiger partial charge in [0.05, 0.1) is 10.4 Å². The lowest BCUT2D eigenvalue weighted by Crippen LogP contribution is -2.50. The molecule has 108 valence electrons. The van der Waals surface area contributed by atoms with E-state index in [1.54, 1.807) is 0 Å². The van der Waals surface area contributed by atoms with Crippen molar-refractivity contribution in [1.29, 1.82) is 0 Å². The molecule has 1 unspecified atom stereocenters. The van der Waals surface area contributed by atoms with E-state index < -0.39 is 5.41 Å². The van der Waals surface area contributed by atoms with Crippen LogP contribution in [0.3, 0.4) is 0 Å². The van der Waals surface area contributed by atoms with Gasteiger partial charge in [-0.05, 0) is 31.7 Å². The Balaban J connectivity index is 1.98. The van der Waals surface area contributed by atoms with E-state index in [4.69, 9.17) is 18.0 Å². The van der Waals surface area contributed by atoms with Gasteiger partial charge in [-0.2, -0.15) is 0 Å². The Hall–Kier alpha value is -1.42. The first-order valence-corrected chi connectivity index (χ1v) is 7.60. The fraction of sp³-hybridized carbons (Fsp3) is 0.500. The van der Waals surface area contributed by atoms with Gasteiger partial charge >= 0.3 is 0 Å². The van der Waals surface area contributed by atoms with Gasteiger partial charge in [0.25, 0.3) is 0 Å². The van der Waals surface area contributed by atoms with Gasteiger partial charge in [0.2, 0.25) is 5.91 Å². The number of nitrogens with two attached hydrogens (primary N) is 1. The smallest absolute Gasteiger partial charge is 0.233 e. The molecule has 2 rings (SSSR count). The molecular formula is C16H22N2OS. The third-order valence-corrected chi connectivity index (χ3v) is 4.52. The van der Waals surface area contributed by atoms with Crippen molar-refractivity contribution in [2.75, 3.05) is 0 Å². The van der Waals surface area contributed by atoms with E-state index >= 15 is 0 Å². The molecule has 0 spiro atoms. The van der Waals surface area contributed by atoms with Crippen molar-refractivity contribution in [3.8, 4) is 0 Å². The van der Waals surface area contributed by atoms with E-state index in [1.165, 1.54) is 5.56 Å². The van der Waals surface area contributed by atoms with Crippen molar-refractivity contribution in [2.24, 2.45) is 11.1 Å². The predicted octanol–water partition coefficient (Wildman–Crippen LogP) is 2.58. The number of benzene rings is 1. The third-order valence-electron chi connectivity index (χ3n) is 4.13. The van der Waals surface area contributed by atoms with E-state index in [0.717, 1.165) is 32.1 Å². The monoisotopic (exact) mass is 290 g/mol. The summed E-state index contributed by atoms with van der Waals surface area (Å²) in [7, 11) is 0. The number of hydrogen-bond donors (Lipinski definition) is 2. The van der Waals surface area contributed by atoms with Crippen LogP contribution in [0.4, 0.5) is 0 Å². The van der Waals surface area contributed by atoms with Crippen molar-refractivity contribution in [3.63, 3.8) is 0 Å². The quantitative estimate of drug-likeness (QED) is 0.820. The summed E-state index contributed by atoms with van der Waals surface area (Å²) in [5.74, 6) is 0.00549. The fourth-order valence-corrected chi connectivity index (χ4v) is 3.24. The molecule has 0 heterocycles. The lowest BCUT2D eigenvalue weighted by atomic mass is 9.84. The number of thiocarbonyl (C=S) groups is 1. The molecule has 1 amide bonds. The molecule has 0 aromatic heterocycles. The van der Waals surface area contributed by atoms with Crippen LogP contribution in [0.5, 0.6) is 0 Å². The van der Waals surface area contributed by atoms with Gasteiger partial charge in [0.1, 0.15) is 0 Å². The minimum Gasteiger partial charge on any atom is -0.392 e. The molecule has 0 aliphatic heterocycles. The first-order valence-electron chi connectivity index (χ1n) is 7.19. The summed E-state index contributed by atoms with van der Waals surface area (Å²) in [5.41, 5.74) is 6.44. The van der Waals surface area contributed by atoms with Crippen LogP contribution in [0.25, 0.3) is 0 Å². The van der Waals surface area contributed by atoms with Gasteiger partial charge in [0, 0.05) is 6.04 Å². The largest absolute Gasteiger partial charge is 0.392 e. The van der Waals surface area contributed by atoms with Crippen LogP contribution in [-0.2, 0) is 11.2 Å². The average molecular weight is 290 g/mol. The van der Waals surface area contributed by atoms with Gasteiger partial charge in [0.15, 0.2) is 0 Å². The molecule has 1 aromatic carbocycles. The molecule has 0 radical (unpaired) electrons. The Kier molecular flexibility index (Phi) is 4.76. The van der Waals surface area contributed by atoms with Crippen LogP contribution in [0.15, 0.2) is 30.3 Å². The highest BCUT2D eigenvalue weighted by Gasteiger charge is 2.44. The Morgan fingerprint density at radius 3 is 2.50 bits per heavy atom. The van der Waals surface area contributed by atoms with E-state index in [0.29, 0.717) is 4.99 Å². The molecule has 3 N–H and O–H groups in total. The fourth-order valence-electron chi connectivity index (χ4n) is 2.94. The number of amides is 1. The van der Waals surface area contributed by atoms with E-state index in [-0.39, 0.29) is 11.9 Å². The summed E-state index contributed by atoms with van der Waals surface area (Å²) in [6, 6.07) is 10.2. The molecule has 1 aliphatic rings. The summed E-state index contributed by atoms with van der Waals surface area (Å²) in [4.78, 5) is 12.9. The number of nitrogens with one attached hydrogen (secondary N) is 1. The van der Waals surface area contributed by atoms with Crippen molar-refractivity contribution >= 4 is 23.1 Å². The molecule has 3 nitrogen and oxygen atoms in total. The van der Waals surface area contributed by atoms with Crippen molar-refractivity contribution < 1.29 is 4.79 Å². The van der Waals surface area contributed by atoms with Gasteiger partial charge in [-0.25, -0.2) is 0 Å². The lowest BCUT2D eigenvalue weighted by molar-refractivity contribution is -0.127. The van der Waals surface area contributed by atoms with Gasteiger partial charge in [-0.3, -0.25) is 4.79 Å². The zero-order valence-electron chi connectivity index (χ0n) is 11.9. The number of carbonyl (C=O) groups is 1. The maximum atomic E-state index is 12.5. The highest BCUT2D eigenvalue weighted by Crippen LogP contribution is 2.38. The lowest BCUT2D eigenvalue weighted by Gasteiger charge is -2.28. The summed E-state index contributed by atoms with van der Waals surface area (Å²) in [6.07, 6.45) is 4.44. The Labute approximate surface area is 125 Å². The second kappa shape index (κ2) is 6.35. The van der Waals surface area contributed by atoms with Crippen LogP contribution in [0.1, 0.15) is 38.2 Å². The third kappa shape index (κ3) is 3.18. The van der Waals surface area contributed by atoms with Crippen LogP contribution < -0.4 is 11.1 Å². The minimum absolute atomic E-state index is 0.00549. The summed E-state index contributed by atoms with van der Waals surface area (Å²) < 4.78 is 0. The summed E-state index contributed by atoms with van der Waals surface area (Å²) in [6.45, 7) is 2.02. The molecule has 1 atom stereocenters. The predicted molar refractivity (Wildman–Crippen MR) is 85.4 cm³/mol. The Morgan fingerprint density at radius 2 is 1.95 bits per heavy atom. The normalized spacial score (nSPS) is 18.4. The van der Waals surface area contributed by atoms with Gasteiger partial charge in [-0.1, -0.05) is 55.4 Å². The number of carbonyl (C=O) groups excluding carboxylic acids is 1. The average Bonchev–Trinajstić information content (AvgIpc) is 2.90. The highest BCUT2D eigenvalue weighted by atomic mass is 32.1. The number of rotatable bonds is 5. The maximum Gasteiger partial charge on any atom is 0.233 e. The second-order valence-corrected chi connectivity index (χ2v) is 6.16. The Morgan fingerprint density at radius 1 is 1.35 bits per heavy atom. The van der Waals surface area contributed by atoms with Gasteiger partial charge in [-0.15, -0.1) is 0 Å². The van der Waals surface area contributed by atoms with Crippen LogP contribution in [0.2, 0.25) is 0 Å². The molecule has 1 aliphatic carbocycles. The molecule has 20 heavy (non-hydrogen) atoms. The molecule has 1 saturated carbocycles. The molecule has 0 bridgehead atoms. The standard InChI is InChI=1S/C16H22N2OS/c1-12(11-13-7-3-2-4-8-13)18-15(19)16(14(17)20)9-5-6-10-16/h2-4,7-8,12H,5-6,9-11H2,1H3,(H2,17,20)(H,18,19). The molecular weight excluding hydrogens is 268 g/mol. The van der Waals surface area contributed by atoms with Crippen molar-refractivity contribution in [1.82, 2.24) is 5.32 Å². The van der Waals surface area contributed by atoms with E-state index in [1.807, 2.05) is 25.1 Å². The SMILES string of the molecule is CC(Cc1ccccc1)NC(=O)C1(C(N)=S)CCCC1. The molecule has 4 heteroatoms. The van der Waals surface area contributed by atoms with Crippen LogP contribution in [0, 0.1) is 5.41 Å². The summed E-state index contributed by atoms with van der Waals surface area (Å²) >= 11 is 5.14. The van der Waals surface area contributed by atoms with Crippen molar-refractivity contribution in [2.45, 2.75) is 45.1 Å². The van der Waals surface area contributed by atoms with E-state index in [2.05, 4.69) is 17.4 Å². The number of hydrogen-bond acceptors (Lipinski definition) is 2. The first kappa shape index (κ1) is 15.0. The highest BCUT2D eigenvalue weighted by molar-refractivity contribution is 7.80. The van der Waals surface area contributed by atoms with Crippen LogP contribution >= 0.6 is 12.2 Å². The minimum atomic E-state index is -0.611. The second-order valence-electron chi connectivity index (χ2n) is 5.72. The molecule has 1 fully saturated rings. The first-order chi connectivity index (χ1) is 9.54. The maximum absolute atomic E-state index is 12.5. The van der Waals surface area contributed by atoms with Crippen molar-refractivity contribution in [3.05, 3.63) is 35.9 Å². The zero-order valence-corrected chi connectivity index (χ0v) is 12.7.